The number of halogens is 1. The Morgan fingerprint density at radius 1 is 1.24 bits per heavy atom. The Labute approximate surface area is 115 Å². The highest BCUT2D eigenvalue weighted by atomic mass is 35.5. The van der Waals surface area contributed by atoms with E-state index in [0.29, 0.717) is 10.2 Å². The number of oxazole rings is 1. The van der Waals surface area contributed by atoms with Crippen LogP contribution in [0.3, 0.4) is 0 Å². The molecule has 6 heteroatoms. The SMILES string of the molecule is Clc1ccc2oc(SSc3cccs3)nc2c1. The zero-order chi connectivity index (χ0) is 11.7. The summed E-state index contributed by atoms with van der Waals surface area (Å²) in [4.78, 5) is 4.37. The van der Waals surface area contributed by atoms with E-state index in [1.54, 1.807) is 34.3 Å². The normalized spacial score (nSPS) is 11.1. The average Bonchev–Trinajstić information content (AvgIpc) is 2.94. The van der Waals surface area contributed by atoms with Crippen molar-refractivity contribution in [2.45, 2.75) is 9.43 Å². The van der Waals surface area contributed by atoms with Crippen LogP contribution >= 0.6 is 44.5 Å². The van der Waals surface area contributed by atoms with Gasteiger partial charge in [0.1, 0.15) is 5.52 Å². The van der Waals surface area contributed by atoms with Crippen LogP contribution in [0.15, 0.2) is 49.6 Å². The van der Waals surface area contributed by atoms with Crippen molar-refractivity contribution in [3.05, 3.63) is 40.7 Å². The summed E-state index contributed by atoms with van der Waals surface area (Å²) < 4.78 is 6.83. The lowest BCUT2D eigenvalue weighted by molar-refractivity contribution is 0.491. The zero-order valence-corrected chi connectivity index (χ0v) is 11.6. The molecule has 1 aromatic carbocycles. The van der Waals surface area contributed by atoms with E-state index in [9.17, 15) is 0 Å². The van der Waals surface area contributed by atoms with Gasteiger partial charge in [0.15, 0.2) is 5.58 Å². The van der Waals surface area contributed by atoms with Gasteiger partial charge in [0.2, 0.25) is 0 Å². The number of benzene rings is 1. The Hall–Kier alpha value is -0.620. The molecule has 0 unspecified atom stereocenters. The van der Waals surface area contributed by atoms with Crippen LogP contribution < -0.4 is 0 Å². The van der Waals surface area contributed by atoms with Crippen LogP contribution in [-0.2, 0) is 0 Å². The largest absolute Gasteiger partial charge is 0.431 e. The van der Waals surface area contributed by atoms with Gasteiger partial charge in [-0.2, -0.15) is 0 Å². The molecule has 86 valence electrons. The van der Waals surface area contributed by atoms with E-state index in [1.807, 2.05) is 12.1 Å². The first kappa shape index (κ1) is 11.5. The number of nitrogens with zero attached hydrogens (tertiary/aromatic N) is 1. The molecular formula is C11H6ClNOS3. The van der Waals surface area contributed by atoms with Gasteiger partial charge >= 0.3 is 0 Å². The summed E-state index contributed by atoms with van der Waals surface area (Å²) in [5.74, 6) is 0. The average molecular weight is 300 g/mol. The van der Waals surface area contributed by atoms with Gasteiger partial charge in [-0.25, -0.2) is 4.98 Å². The lowest BCUT2D eigenvalue weighted by Crippen LogP contribution is -1.67. The summed E-state index contributed by atoms with van der Waals surface area (Å²) in [6, 6.07) is 9.54. The highest BCUT2D eigenvalue weighted by Gasteiger charge is 2.08. The number of rotatable bonds is 3. The first-order valence-corrected chi connectivity index (χ1v) is 8.16. The molecule has 0 radical (unpaired) electrons. The van der Waals surface area contributed by atoms with Gasteiger partial charge < -0.3 is 4.42 Å². The second-order valence-electron chi connectivity index (χ2n) is 3.19. The van der Waals surface area contributed by atoms with Crippen molar-refractivity contribution in [2.24, 2.45) is 0 Å². The Balaban J connectivity index is 1.81. The van der Waals surface area contributed by atoms with Crippen LogP contribution in [0.25, 0.3) is 11.1 Å². The van der Waals surface area contributed by atoms with Crippen LogP contribution in [0, 0.1) is 0 Å². The molecule has 0 fully saturated rings. The molecule has 0 aliphatic heterocycles. The maximum absolute atomic E-state index is 5.89. The molecule has 0 N–H and O–H groups in total. The lowest BCUT2D eigenvalue weighted by atomic mass is 10.3. The maximum Gasteiger partial charge on any atom is 0.268 e. The predicted octanol–water partition coefficient (Wildman–Crippen LogP) is 5.34. The van der Waals surface area contributed by atoms with Gasteiger partial charge in [-0.05, 0) is 40.4 Å². The zero-order valence-electron chi connectivity index (χ0n) is 8.42. The predicted molar refractivity (Wildman–Crippen MR) is 75.1 cm³/mol. The van der Waals surface area contributed by atoms with Gasteiger partial charge in [-0.15, -0.1) is 11.3 Å². The molecule has 2 nitrogen and oxygen atoms in total. The van der Waals surface area contributed by atoms with Crippen molar-refractivity contribution in [2.75, 3.05) is 0 Å². The smallest absolute Gasteiger partial charge is 0.268 e. The van der Waals surface area contributed by atoms with Gasteiger partial charge in [0, 0.05) is 15.8 Å². The summed E-state index contributed by atoms with van der Waals surface area (Å²) >= 11 is 7.60. The molecule has 0 amide bonds. The summed E-state index contributed by atoms with van der Waals surface area (Å²) in [7, 11) is 3.16. The quantitative estimate of drug-likeness (QED) is 0.610. The lowest BCUT2D eigenvalue weighted by Gasteiger charge is -1.90. The van der Waals surface area contributed by atoms with E-state index in [2.05, 4.69) is 16.4 Å². The molecular weight excluding hydrogens is 294 g/mol. The second kappa shape index (κ2) is 4.94. The van der Waals surface area contributed by atoms with Crippen LogP contribution in [-0.4, -0.2) is 4.98 Å². The van der Waals surface area contributed by atoms with E-state index in [-0.39, 0.29) is 0 Å². The van der Waals surface area contributed by atoms with Crippen molar-refractivity contribution < 1.29 is 4.42 Å². The molecule has 0 bridgehead atoms. The first-order valence-electron chi connectivity index (χ1n) is 4.75. The van der Waals surface area contributed by atoms with Crippen LogP contribution in [0.2, 0.25) is 5.02 Å². The second-order valence-corrected chi connectivity index (χ2v) is 6.96. The number of thiophene rings is 1. The summed E-state index contributed by atoms with van der Waals surface area (Å²) in [5.41, 5.74) is 1.57. The van der Waals surface area contributed by atoms with E-state index in [4.69, 9.17) is 16.0 Å². The fraction of sp³-hybridized carbons (Fsp3) is 0. The molecule has 2 heterocycles. The van der Waals surface area contributed by atoms with Crippen molar-refractivity contribution in [3.8, 4) is 0 Å². The first-order chi connectivity index (χ1) is 8.31. The maximum atomic E-state index is 5.89. The molecule has 0 saturated heterocycles. The summed E-state index contributed by atoms with van der Waals surface area (Å²) in [6.45, 7) is 0. The fourth-order valence-electron chi connectivity index (χ4n) is 1.30. The number of aromatic nitrogens is 1. The van der Waals surface area contributed by atoms with Crippen molar-refractivity contribution in [1.29, 1.82) is 0 Å². The van der Waals surface area contributed by atoms with Crippen LogP contribution in [0.4, 0.5) is 0 Å². The fourth-order valence-corrected chi connectivity index (χ4v) is 4.29. The van der Waals surface area contributed by atoms with E-state index in [1.165, 1.54) is 15.0 Å². The highest BCUT2D eigenvalue weighted by Crippen LogP contribution is 2.40. The van der Waals surface area contributed by atoms with Crippen molar-refractivity contribution >= 4 is 55.6 Å². The monoisotopic (exact) mass is 299 g/mol. The molecule has 0 spiro atoms. The molecule has 3 rings (SSSR count). The minimum atomic E-state index is 0.653. The molecule has 0 atom stereocenters. The van der Waals surface area contributed by atoms with Crippen LogP contribution in [0.1, 0.15) is 0 Å². The number of fused-ring (bicyclic) bond motifs is 1. The third kappa shape index (κ3) is 2.63. The molecule has 2 aromatic heterocycles. The topological polar surface area (TPSA) is 26.0 Å². The highest BCUT2D eigenvalue weighted by molar-refractivity contribution is 8.77. The van der Waals surface area contributed by atoms with Gasteiger partial charge in [-0.1, -0.05) is 17.7 Å². The van der Waals surface area contributed by atoms with Gasteiger partial charge in [-0.3, -0.25) is 0 Å². The third-order valence-electron chi connectivity index (χ3n) is 2.02. The Kier molecular flexibility index (Phi) is 3.33. The minimum absolute atomic E-state index is 0.653. The molecule has 17 heavy (non-hydrogen) atoms. The standard InChI is InChI=1S/C11H6ClNOS3/c12-7-3-4-9-8(6-7)13-11(14-9)17-16-10-2-1-5-15-10/h1-6H. The number of hydrogen-bond donors (Lipinski definition) is 0. The van der Waals surface area contributed by atoms with Crippen molar-refractivity contribution in [3.63, 3.8) is 0 Å². The third-order valence-corrected chi connectivity index (χ3v) is 5.69. The van der Waals surface area contributed by atoms with E-state index < -0.39 is 0 Å². The number of hydrogen-bond acceptors (Lipinski definition) is 5. The molecule has 0 aliphatic carbocycles. The Bertz CT molecular complexity index is 635. The summed E-state index contributed by atoms with van der Waals surface area (Å²) in [5, 5.41) is 3.38. The molecule has 0 saturated carbocycles. The van der Waals surface area contributed by atoms with Gasteiger partial charge in [0.05, 0.1) is 4.21 Å². The Morgan fingerprint density at radius 2 is 2.18 bits per heavy atom. The minimum Gasteiger partial charge on any atom is -0.431 e. The summed E-state index contributed by atoms with van der Waals surface area (Å²) in [6.07, 6.45) is 0. The van der Waals surface area contributed by atoms with E-state index >= 15 is 0 Å². The molecule has 3 aromatic rings. The van der Waals surface area contributed by atoms with Crippen molar-refractivity contribution in [1.82, 2.24) is 4.98 Å². The van der Waals surface area contributed by atoms with Crippen LogP contribution in [0.5, 0.6) is 0 Å². The Morgan fingerprint density at radius 3 is 3.00 bits per heavy atom. The molecule has 0 aliphatic rings. The van der Waals surface area contributed by atoms with Gasteiger partial charge in [0.25, 0.3) is 5.22 Å². The van der Waals surface area contributed by atoms with E-state index in [0.717, 1.165) is 11.1 Å².